The maximum Gasteiger partial charge on any atom is 0.104 e. The Morgan fingerprint density at radius 3 is 2.39 bits per heavy atom. The lowest BCUT2D eigenvalue weighted by Crippen LogP contribution is -2.38. The molecule has 1 aliphatic rings. The number of ether oxygens (including phenoxy) is 4. The second-order valence-electron chi connectivity index (χ2n) is 7.90. The van der Waals surface area contributed by atoms with Crippen LogP contribution < -0.4 is 0 Å². The molecule has 0 amide bonds. The van der Waals surface area contributed by atoms with E-state index in [-0.39, 0.29) is 17.3 Å². The predicted molar refractivity (Wildman–Crippen MR) is 93.9 cm³/mol. The molecule has 1 aliphatic heterocycles. The van der Waals surface area contributed by atoms with Crippen molar-refractivity contribution < 1.29 is 18.9 Å². The van der Waals surface area contributed by atoms with Gasteiger partial charge in [0.15, 0.2) is 0 Å². The number of epoxide rings is 1. The predicted octanol–water partition coefficient (Wildman–Crippen LogP) is 4.13. The van der Waals surface area contributed by atoms with Crippen molar-refractivity contribution in [1.82, 2.24) is 0 Å². The molecule has 0 spiro atoms. The van der Waals surface area contributed by atoms with Gasteiger partial charge in [-0.2, -0.15) is 0 Å². The standard InChI is InChI=1S/C19H36O4/c1-8-16(20-11-17-12-21-17)13-22-19(6,7)14-23-18(4,5)10-9-15(2)3/h16-17H,2,8-14H2,1,3-7H3. The molecular formula is C19H36O4. The topological polar surface area (TPSA) is 40.2 Å². The molecule has 4 heteroatoms. The molecule has 1 fully saturated rings. The molecule has 0 bridgehead atoms. The fraction of sp³-hybridized carbons (Fsp3) is 0.895. The molecule has 1 saturated heterocycles. The first kappa shape index (κ1) is 20.6. The van der Waals surface area contributed by atoms with Crippen LogP contribution in [-0.4, -0.2) is 49.8 Å². The van der Waals surface area contributed by atoms with E-state index in [4.69, 9.17) is 18.9 Å². The van der Waals surface area contributed by atoms with Gasteiger partial charge in [0, 0.05) is 0 Å². The highest BCUT2D eigenvalue weighted by atomic mass is 16.6. The van der Waals surface area contributed by atoms with Crippen molar-refractivity contribution in [2.45, 2.75) is 84.2 Å². The lowest BCUT2D eigenvalue weighted by molar-refractivity contribution is -0.141. The number of allylic oxidation sites excluding steroid dienone is 1. The first-order chi connectivity index (χ1) is 10.6. The average molecular weight is 328 g/mol. The van der Waals surface area contributed by atoms with Crippen LogP contribution in [0.5, 0.6) is 0 Å². The van der Waals surface area contributed by atoms with E-state index in [0.717, 1.165) is 25.9 Å². The summed E-state index contributed by atoms with van der Waals surface area (Å²) in [5.74, 6) is 0. The molecule has 0 radical (unpaired) electrons. The van der Waals surface area contributed by atoms with Crippen molar-refractivity contribution in [2.75, 3.05) is 26.4 Å². The normalized spacial score (nSPS) is 19.7. The summed E-state index contributed by atoms with van der Waals surface area (Å²) in [6.45, 7) is 19.2. The highest BCUT2D eigenvalue weighted by molar-refractivity contribution is 4.90. The zero-order valence-corrected chi connectivity index (χ0v) is 15.9. The Kier molecular flexibility index (Phi) is 8.22. The zero-order valence-electron chi connectivity index (χ0n) is 15.9. The molecular weight excluding hydrogens is 292 g/mol. The third-order valence-electron chi connectivity index (χ3n) is 4.00. The minimum atomic E-state index is -0.326. The van der Waals surface area contributed by atoms with Crippen molar-refractivity contribution in [3.8, 4) is 0 Å². The van der Waals surface area contributed by atoms with Crippen LogP contribution in [0.25, 0.3) is 0 Å². The molecule has 4 nitrogen and oxygen atoms in total. The number of rotatable bonds is 13. The number of hydrogen-bond donors (Lipinski definition) is 0. The van der Waals surface area contributed by atoms with Crippen molar-refractivity contribution in [2.24, 2.45) is 0 Å². The van der Waals surface area contributed by atoms with E-state index in [1.807, 2.05) is 0 Å². The van der Waals surface area contributed by atoms with E-state index in [1.54, 1.807) is 0 Å². The van der Waals surface area contributed by atoms with Gasteiger partial charge >= 0.3 is 0 Å². The summed E-state index contributed by atoms with van der Waals surface area (Å²) in [6, 6.07) is 0. The third kappa shape index (κ3) is 10.1. The first-order valence-electron chi connectivity index (χ1n) is 8.79. The molecule has 2 atom stereocenters. The molecule has 1 rings (SSSR count). The van der Waals surface area contributed by atoms with Gasteiger partial charge in [0.25, 0.3) is 0 Å². The Morgan fingerprint density at radius 2 is 1.87 bits per heavy atom. The van der Waals surface area contributed by atoms with E-state index in [0.29, 0.717) is 25.9 Å². The summed E-state index contributed by atoms with van der Waals surface area (Å²) in [4.78, 5) is 0. The van der Waals surface area contributed by atoms with Crippen molar-refractivity contribution in [1.29, 1.82) is 0 Å². The second kappa shape index (κ2) is 9.16. The SMILES string of the molecule is C=C(C)CCC(C)(C)OCC(C)(C)OCC(CC)OCC1CO1. The van der Waals surface area contributed by atoms with Gasteiger partial charge < -0.3 is 18.9 Å². The highest BCUT2D eigenvalue weighted by Crippen LogP contribution is 2.22. The molecule has 0 aromatic heterocycles. The average Bonchev–Trinajstić information content (AvgIpc) is 3.28. The molecule has 0 aromatic rings. The Balaban J connectivity index is 2.28. The Bertz CT molecular complexity index is 358. The molecule has 2 unspecified atom stereocenters. The van der Waals surface area contributed by atoms with Gasteiger partial charge in [0.05, 0.1) is 43.7 Å². The Morgan fingerprint density at radius 1 is 1.22 bits per heavy atom. The maximum absolute atomic E-state index is 6.09. The lowest BCUT2D eigenvalue weighted by atomic mass is 9.99. The fourth-order valence-electron chi connectivity index (χ4n) is 2.01. The van der Waals surface area contributed by atoms with E-state index < -0.39 is 0 Å². The van der Waals surface area contributed by atoms with Crippen LogP contribution in [0.4, 0.5) is 0 Å². The summed E-state index contributed by atoms with van der Waals surface area (Å²) in [6.07, 6.45) is 3.32. The molecule has 136 valence electrons. The van der Waals surface area contributed by atoms with Crippen molar-refractivity contribution >= 4 is 0 Å². The van der Waals surface area contributed by atoms with Crippen LogP contribution in [0, 0.1) is 0 Å². The van der Waals surface area contributed by atoms with Gasteiger partial charge in [-0.25, -0.2) is 0 Å². The summed E-state index contributed by atoms with van der Waals surface area (Å²) in [7, 11) is 0. The first-order valence-corrected chi connectivity index (χ1v) is 8.79. The molecule has 0 saturated carbocycles. The van der Waals surface area contributed by atoms with E-state index in [9.17, 15) is 0 Å². The van der Waals surface area contributed by atoms with Crippen LogP contribution in [0.15, 0.2) is 12.2 Å². The van der Waals surface area contributed by atoms with E-state index in [2.05, 4.69) is 48.1 Å². The van der Waals surface area contributed by atoms with Crippen LogP contribution >= 0.6 is 0 Å². The molecule has 0 aromatic carbocycles. The van der Waals surface area contributed by atoms with Crippen LogP contribution in [-0.2, 0) is 18.9 Å². The fourth-order valence-corrected chi connectivity index (χ4v) is 2.01. The quantitative estimate of drug-likeness (QED) is 0.376. The van der Waals surface area contributed by atoms with Crippen molar-refractivity contribution in [3.05, 3.63) is 12.2 Å². The largest absolute Gasteiger partial charge is 0.373 e. The van der Waals surface area contributed by atoms with Gasteiger partial charge in [-0.3, -0.25) is 0 Å². The van der Waals surface area contributed by atoms with E-state index in [1.165, 1.54) is 5.57 Å². The minimum absolute atomic E-state index is 0.120. The smallest absolute Gasteiger partial charge is 0.104 e. The third-order valence-corrected chi connectivity index (χ3v) is 4.00. The highest BCUT2D eigenvalue weighted by Gasteiger charge is 2.27. The molecule has 1 heterocycles. The monoisotopic (exact) mass is 328 g/mol. The van der Waals surface area contributed by atoms with Gasteiger partial charge in [-0.05, 0) is 53.9 Å². The van der Waals surface area contributed by atoms with E-state index >= 15 is 0 Å². The van der Waals surface area contributed by atoms with Crippen molar-refractivity contribution in [3.63, 3.8) is 0 Å². The van der Waals surface area contributed by atoms with Gasteiger partial charge in [-0.1, -0.05) is 12.5 Å². The van der Waals surface area contributed by atoms with Gasteiger partial charge in [0.2, 0.25) is 0 Å². The lowest BCUT2D eigenvalue weighted by Gasteiger charge is -2.33. The minimum Gasteiger partial charge on any atom is -0.373 e. The summed E-state index contributed by atoms with van der Waals surface area (Å²) in [5, 5.41) is 0. The molecule has 0 aliphatic carbocycles. The summed E-state index contributed by atoms with van der Waals surface area (Å²) >= 11 is 0. The van der Waals surface area contributed by atoms with Crippen LogP contribution in [0.3, 0.4) is 0 Å². The van der Waals surface area contributed by atoms with Crippen LogP contribution in [0.1, 0.15) is 60.8 Å². The maximum atomic E-state index is 6.09. The summed E-state index contributed by atoms with van der Waals surface area (Å²) < 4.78 is 23.1. The summed E-state index contributed by atoms with van der Waals surface area (Å²) in [5.41, 5.74) is 0.705. The second-order valence-corrected chi connectivity index (χ2v) is 7.90. The molecule has 0 N–H and O–H groups in total. The van der Waals surface area contributed by atoms with Crippen LogP contribution in [0.2, 0.25) is 0 Å². The molecule has 23 heavy (non-hydrogen) atoms. The Hall–Kier alpha value is -0.420. The van der Waals surface area contributed by atoms with Gasteiger partial charge in [0.1, 0.15) is 6.10 Å². The van der Waals surface area contributed by atoms with Gasteiger partial charge in [-0.15, -0.1) is 6.58 Å². The zero-order chi connectivity index (χ0) is 17.5. The Labute approximate surface area is 142 Å². The number of hydrogen-bond acceptors (Lipinski definition) is 4.